The number of halogens is 4. The molecule has 0 aliphatic rings. The summed E-state index contributed by atoms with van der Waals surface area (Å²) in [6.45, 7) is 4.94. The van der Waals surface area contributed by atoms with Crippen LogP contribution in [0.2, 0.25) is 0 Å². The van der Waals surface area contributed by atoms with Gasteiger partial charge in [-0.2, -0.15) is 0 Å². The molecule has 4 aromatic rings. The molecule has 0 spiro atoms. The predicted molar refractivity (Wildman–Crippen MR) is 228 cm³/mol. The molecule has 0 fully saturated rings. The second kappa shape index (κ2) is 32.8. The molecule has 0 saturated carbocycles. The maximum absolute atomic E-state index is 12.6. The van der Waals surface area contributed by atoms with Crippen LogP contribution in [0.4, 0.5) is 17.6 Å². The summed E-state index contributed by atoms with van der Waals surface area (Å²) < 4.78 is 70.1. The molecule has 4 rings (SSSR count). The zero-order chi connectivity index (χ0) is 46.1. The normalized spacial score (nSPS) is 11.1. The first kappa shape index (κ1) is 54.1. The molecule has 0 amide bonds. The Morgan fingerprint density at radius 1 is 0.484 bits per heavy atom. The fraction of sp³-hybridized carbons (Fsp3) is 0.417. The van der Waals surface area contributed by atoms with Crippen molar-refractivity contribution >= 4 is 23.9 Å². The monoisotopic (exact) mass is 872 g/mol. The van der Waals surface area contributed by atoms with Gasteiger partial charge in [0.2, 0.25) is 0 Å². The number of carboxylic acids is 2. The second-order valence-corrected chi connectivity index (χ2v) is 14.4. The Hall–Kier alpha value is -5.92. The van der Waals surface area contributed by atoms with Crippen LogP contribution < -0.4 is 9.47 Å². The van der Waals surface area contributed by atoms with Gasteiger partial charge in [-0.1, -0.05) is 38.1 Å². The molecule has 2 atom stereocenters. The summed E-state index contributed by atoms with van der Waals surface area (Å²) in [6.07, 6.45) is 7.32. The number of unbranched alkanes of at least 4 members (excludes halogenated alkanes) is 2. The first-order valence-electron chi connectivity index (χ1n) is 20.4. The van der Waals surface area contributed by atoms with E-state index in [2.05, 4.69) is 9.47 Å². The summed E-state index contributed by atoms with van der Waals surface area (Å²) in [4.78, 5) is 42.4. The summed E-state index contributed by atoms with van der Waals surface area (Å²) in [5, 5.41) is 16.8. The van der Waals surface area contributed by atoms with Crippen molar-refractivity contribution in [3.05, 3.63) is 131 Å². The Labute approximate surface area is 362 Å². The van der Waals surface area contributed by atoms with E-state index in [9.17, 15) is 36.7 Å². The van der Waals surface area contributed by atoms with Crippen LogP contribution in [0, 0.1) is 35.1 Å². The van der Waals surface area contributed by atoms with E-state index in [0.717, 1.165) is 43.2 Å². The van der Waals surface area contributed by atoms with Gasteiger partial charge in [0.1, 0.15) is 34.8 Å². The number of hydrogen-bond acceptors (Lipinski definition) is 8. The van der Waals surface area contributed by atoms with E-state index in [4.69, 9.17) is 19.7 Å². The molecule has 14 heteroatoms. The first-order valence-corrected chi connectivity index (χ1v) is 20.4. The minimum Gasteiger partial charge on any atom is -0.494 e. The lowest BCUT2D eigenvalue weighted by atomic mass is 9.98. The van der Waals surface area contributed by atoms with Gasteiger partial charge in [-0.15, -0.1) is 0 Å². The highest BCUT2D eigenvalue weighted by Crippen LogP contribution is 2.16. The van der Waals surface area contributed by atoms with Gasteiger partial charge in [-0.25, -0.2) is 17.6 Å². The van der Waals surface area contributed by atoms with Crippen LogP contribution in [0.1, 0.15) is 89.2 Å². The first-order chi connectivity index (χ1) is 29.6. The number of benzene rings is 4. The minimum absolute atomic E-state index is 0.160. The van der Waals surface area contributed by atoms with E-state index in [1.807, 2.05) is 13.8 Å². The molecule has 2 unspecified atom stereocenters. The number of aliphatic carboxylic acids is 2. The van der Waals surface area contributed by atoms with Crippen molar-refractivity contribution < 1.29 is 65.9 Å². The average Bonchev–Trinajstić information content (AvgIpc) is 3.24. The molecule has 4 aromatic carbocycles. The van der Waals surface area contributed by atoms with Gasteiger partial charge in [-0.3, -0.25) is 19.2 Å². The van der Waals surface area contributed by atoms with Gasteiger partial charge < -0.3 is 29.2 Å². The number of aryl methyl sites for hydroxylation is 2. The lowest BCUT2D eigenvalue weighted by Crippen LogP contribution is -2.10. The zero-order valence-electron chi connectivity index (χ0n) is 36.0. The third-order valence-electron chi connectivity index (χ3n) is 8.90. The predicted octanol–water partition coefficient (Wildman–Crippen LogP) is 10.8. The summed E-state index contributed by atoms with van der Waals surface area (Å²) >= 11 is 0. The van der Waals surface area contributed by atoms with Gasteiger partial charge >= 0.3 is 23.9 Å². The number of esters is 2. The third-order valence-corrected chi connectivity index (χ3v) is 8.90. The molecule has 10 nitrogen and oxygen atoms in total. The molecule has 0 radical (unpaired) electrons. The lowest BCUT2D eigenvalue weighted by molar-refractivity contribution is -0.142. The van der Waals surface area contributed by atoms with Crippen LogP contribution in [0.3, 0.4) is 0 Å². The molecule has 2 N–H and O–H groups in total. The van der Waals surface area contributed by atoms with E-state index >= 15 is 0 Å². The van der Waals surface area contributed by atoms with Crippen LogP contribution in [-0.4, -0.2) is 61.5 Å². The standard InChI is InChI=1S/C13H17FO3.C13H17FO2.C11H13FO3.C11H13FO2/c1-10(9-13(15)16-2)7-8-17-12-5-3-11(14)4-6-12;1-10(9-13(15)16-2)3-4-11-5-7-12(14)8-6-11;12-9-4-6-10(7-5-9)15-8-2-1-3-11(13)14;12-10-7-5-9(6-8-10)3-1-2-4-11(13)14/h3-6,10H,7-9H2,1-2H3;5-8,10H,3-4,9H2,1-2H3;4-7H,1-3,8H2,(H,13,14);5-8H,1-4H2,(H,13,14). The fourth-order valence-corrected chi connectivity index (χ4v) is 5.27. The highest BCUT2D eigenvalue weighted by molar-refractivity contribution is 5.69. The minimum atomic E-state index is -0.795. The van der Waals surface area contributed by atoms with E-state index < -0.39 is 11.9 Å². The number of ether oxygens (including phenoxy) is 4. The quantitative estimate of drug-likeness (QED) is 0.0444. The number of carbonyl (C=O) groups excluding carboxylic acids is 2. The van der Waals surface area contributed by atoms with Crippen LogP contribution in [0.15, 0.2) is 97.1 Å². The lowest BCUT2D eigenvalue weighted by Gasteiger charge is -2.11. The highest BCUT2D eigenvalue weighted by atomic mass is 19.1. The molecule has 0 aliphatic heterocycles. The van der Waals surface area contributed by atoms with Crippen molar-refractivity contribution in [3.63, 3.8) is 0 Å². The fourth-order valence-electron chi connectivity index (χ4n) is 5.27. The van der Waals surface area contributed by atoms with Crippen molar-refractivity contribution in [2.45, 2.75) is 90.9 Å². The summed E-state index contributed by atoms with van der Waals surface area (Å²) in [5.41, 5.74) is 2.15. The Balaban J connectivity index is 0.000000414. The SMILES string of the molecule is COC(=O)CC(C)CCOc1ccc(F)cc1.COC(=O)CC(C)CCc1ccc(F)cc1.O=C(O)CCCCOc1ccc(F)cc1.O=C(O)CCCCc1ccc(F)cc1. The molecule has 0 bridgehead atoms. The molecule has 62 heavy (non-hydrogen) atoms. The second-order valence-electron chi connectivity index (χ2n) is 14.4. The van der Waals surface area contributed by atoms with E-state index in [0.29, 0.717) is 56.8 Å². The van der Waals surface area contributed by atoms with Crippen molar-refractivity contribution in [2.24, 2.45) is 11.8 Å². The van der Waals surface area contributed by atoms with Gasteiger partial charge in [-0.05, 0) is 147 Å². The highest BCUT2D eigenvalue weighted by Gasteiger charge is 2.10. The Morgan fingerprint density at radius 3 is 1.24 bits per heavy atom. The number of hydrogen-bond donors (Lipinski definition) is 2. The molecular weight excluding hydrogens is 813 g/mol. The third kappa shape index (κ3) is 29.3. The molecule has 0 aliphatic carbocycles. The van der Waals surface area contributed by atoms with Crippen LogP contribution in [0.5, 0.6) is 11.5 Å². The summed E-state index contributed by atoms with van der Waals surface area (Å²) in [7, 11) is 2.78. The molecular formula is C48H60F4O10. The van der Waals surface area contributed by atoms with Crippen LogP contribution >= 0.6 is 0 Å². The van der Waals surface area contributed by atoms with E-state index in [1.165, 1.54) is 62.8 Å². The largest absolute Gasteiger partial charge is 0.494 e. The van der Waals surface area contributed by atoms with Gasteiger partial charge in [0.05, 0.1) is 27.4 Å². The van der Waals surface area contributed by atoms with E-state index in [1.54, 1.807) is 48.5 Å². The number of carbonyl (C=O) groups is 4. The average molecular weight is 873 g/mol. The van der Waals surface area contributed by atoms with Crippen molar-refractivity contribution in [1.29, 1.82) is 0 Å². The zero-order valence-corrected chi connectivity index (χ0v) is 36.0. The van der Waals surface area contributed by atoms with Gasteiger partial charge in [0.15, 0.2) is 0 Å². The molecule has 340 valence electrons. The number of rotatable bonds is 22. The van der Waals surface area contributed by atoms with Crippen molar-refractivity contribution in [3.8, 4) is 11.5 Å². The maximum Gasteiger partial charge on any atom is 0.305 e. The molecule has 0 heterocycles. The van der Waals surface area contributed by atoms with Crippen molar-refractivity contribution in [2.75, 3.05) is 27.4 Å². The van der Waals surface area contributed by atoms with Gasteiger partial charge in [0, 0.05) is 25.7 Å². The van der Waals surface area contributed by atoms with Gasteiger partial charge in [0.25, 0.3) is 0 Å². The van der Waals surface area contributed by atoms with Crippen LogP contribution in [-0.2, 0) is 41.5 Å². The number of carboxylic acid groups (broad SMARTS) is 2. The smallest absolute Gasteiger partial charge is 0.305 e. The molecule has 0 aromatic heterocycles. The Bertz CT molecular complexity index is 1820. The Kier molecular flexibility index (Phi) is 28.6. The summed E-state index contributed by atoms with van der Waals surface area (Å²) in [6, 6.07) is 24.4. The number of methoxy groups -OCH3 is 2. The van der Waals surface area contributed by atoms with Crippen LogP contribution in [0.25, 0.3) is 0 Å². The topological polar surface area (TPSA) is 146 Å². The molecule has 0 saturated heterocycles. The van der Waals surface area contributed by atoms with E-state index in [-0.39, 0.29) is 59.9 Å². The van der Waals surface area contributed by atoms with Crippen molar-refractivity contribution in [1.82, 2.24) is 0 Å². The maximum atomic E-state index is 12.6. The Morgan fingerprint density at radius 2 is 0.839 bits per heavy atom. The summed E-state index contributed by atoms with van der Waals surface area (Å²) in [5.74, 6) is -1.23.